The Bertz CT molecular complexity index is 331. The van der Waals surface area contributed by atoms with Gasteiger partial charge in [0, 0.05) is 14.1 Å². The first-order chi connectivity index (χ1) is 6.11. The topological polar surface area (TPSA) is 61.4 Å². The summed E-state index contributed by atoms with van der Waals surface area (Å²) in [5.74, 6) is 0.300. The molecule has 0 unspecified atom stereocenters. The number of carbonyl (C=O) groups is 1. The van der Waals surface area contributed by atoms with Gasteiger partial charge in [0.05, 0.1) is 12.7 Å². The van der Waals surface area contributed by atoms with Crippen LogP contribution in [0.25, 0.3) is 0 Å². The molecule has 1 rings (SSSR count). The van der Waals surface area contributed by atoms with Gasteiger partial charge in [-0.2, -0.15) is 0 Å². The SMILES string of the molecule is CN(C)C=Nc1nc[nH]c1C(=O)Cl. The summed E-state index contributed by atoms with van der Waals surface area (Å²) in [5, 5.41) is -0.594. The van der Waals surface area contributed by atoms with E-state index in [0.717, 1.165) is 0 Å². The van der Waals surface area contributed by atoms with Crippen LogP contribution in [0, 0.1) is 0 Å². The fraction of sp³-hybridized carbons (Fsp3) is 0.286. The number of halogens is 1. The molecular formula is C7H9ClN4O. The van der Waals surface area contributed by atoms with Gasteiger partial charge in [0.15, 0.2) is 5.82 Å². The Hall–Kier alpha value is -1.36. The highest BCUT2D eigenvalue weighted by atomic mass is 35.5. The van der Waals surface area contributed by atoms with Gasteiger partial charge in [-0.3, -0.25) is 4.79 Å². The Morgan fingerprint density at radius 3 is 3.00 bits per heavy atom. The number of hydrogen-bond donors (Lipinski definition) is 1. The number of imidazole rings is 1. The summed E-state index contributed by atoms with van der Waals surface area (Å²) in [4.78, 5) is 22.9. The summed E-state index contributed by atoms with van der Waals surface area (Å²) >= 11 is 5.27. The van der Waals surface area contributed by atoms with Crippen LogP contribution in [-0.4, -0.2) is 40.5 Å². The molecule has 0 saturated heterocycles. The van der Waals surface area contributed by atoms with Crippen LogP contribution in [-0.2, 0) is 0 Å². The third kappa shape index (κ3) is 2.55. The van der Waals surface area contributed by atoms with Crippen molar-refractivity contribution in [2.24, 2.45) is 4.99 Å². The number of H-pyrrole nitrogens is 1. The fourth-order valence-electron chi connectivity index (χ4n) is 0.700. The van der Waals surface area contributed by atoms with E-state index in [1.165, 1.54) is 6.33 Å². The van der Waals surface area contributed by atoms with Gasteiger partial charge >= 0.3 is 0 Å². The number of nitrogens with zero attached hydrogens (tertiary/aromatic N) is 3. The van der Waals surface area contributed by atoms with Crippen LogP contribution in [0.2, 0.25) is 0 Å². The first-order valence-electron chi connectivity index (χ1n) is 3.55. The third-order valence-electron chi connectivity index (χ3n) is 1.23. The highest BCUT2D eigenvalue weighted by Gasteiger charge is 2.09. The highest BCUT2D eigenvalue weighted by Crippen LogP contribution is 2.14. The molecule has 1 aromatic rings. The smallest absolute Gasteiger partial charge is 0.272 e. The van der Waals surface area contributed by atoms with Gasteiger partial charge in [-0.15, -0.1) is 0 Å². The van der Waals surface area contributed by atoms with Crippen molar-refractivity contribution in [3.05, 3.63) is 12.0 Å². The van der Waals surface area contributed by atoms with Gasteiger partial charge in [-0.25, -0.2) is 9.98 Å². The second-order valence-electron chi connectivity index (χ2n) is 2.58. The van der Waals surface area contributed by atoms with E-state index in [1.54, 1.807) is 11.2 Å². The van der Waals surface area contributed by atoms with Gasteiger partial charge in [0.1, 0.15) is 5.69 Å². The number of rotatable bonds is 3. The van der Waals surface area contributed by atoms with Crippen molar-refractivity contribution < 1.29 is 4.79 Å². The normalized spacial score (nSPS) is 10.7. The van der Waals surface area contributed by atoms with E-state index in [-0.39, 0.29) is 5.69 Å². The molecule has 0 fully saturated rings. The van der Waals surface area contributed by atoms with Gasteiger partial charge in [0.25, 0.3) is 5.24 Å². The van der Waals surface area contributed by atoms with Gasteiger partial charge in [0.2, 0.25) is 0 Å². The predicted molar refractivity (Wildman–Crippen MR) is 50.6 cm³/mol. The number of nitrogens with one attached hydrogen (secondary N) is 1. The fourth-order valence-corrected chi connectivity index (χ4v) is 0.839. The van der Waals surface area contributed by atoms with Crippen LogP contribution in [0.4, 0.5) is 5.82 Å². The molecule has 1 aromatic heterocycles. The number of hydrogen-bond acceptors (Lipinski definition) is 3. The molecule has 6 heteroatoms. The second kappa shape index (κ2) is 4.04. The minimum absolute atomic E-state index is 0.208. The zero-order valence-electron chi connectivity index (χ0n) is 7.28. The Morgan fingerprint density at radius 2 is 2.46 bits per heavy atom. The monoisotopic (exact) mass is 200 g/mol. The highest BCUT2D eigenvalue weighted by molar-refractivity contribution is 6.67. The van der Waals surface area contributed by atoms with Crippen molar-refractivity contribution in [3.8, 4) is 0 Å². The van der Waals surface area contributed by atoms with E-state index in [2.05, 4.69) is 15.0 Å². The van der Waals surface area contributed by atoms with Crippen molar-refractivity contribution in [3.63, 3.8) is 0 Å². The summed E-state index contributed by atoms with van der Waals surface area (Å²) in [7, 11) is 3.64. The van der Waals surface area contributed by atoms with Crippen molar-refractivity contribution in [2.75, 3.05) is 14.1 Å². The summed E-state index contributed by atoms with van der Waals surface area (Å²) in [6.45, 7) is 0. The molecule has 0 aliphatic carbocycles. The van der Waals surface area contributed by atoms with E-state index < -0.39 is 5.24 Å². The maximum atomic E-state index is 10.8. The number of aromatic nitrogens is 2. The first kappa shape index (κ1) is 9.73. The molecule has 0 amide bonds. The lowest BCUT2D eigenvalue weighted by Gasteiger charge is -2.00. The van der Waals surface area contributed by atoms with Crippen molar-refractivity contribution in [1.29, 1.82) is 0 Å². The Kier molecular flexibility index (Phi) is 3.02. The minimum atomic E-state index is -0.594. The summed E-state index contributed by atoms with van der Waals surface area (Å²) < 4.78 is 0. The van der Waals surface area contributed by atoms with Crippen LogP contribution < -0.4 is 0 Å². The van der Waals surface area contributed by atoms with E-state index in [4.69, 9.17) is 11.6 Å². The number of aromatic amines is 1. The standard InChI is InChI=1S/C7H9ClN4O/c1-12(2)4-11-7-5(6(8)13)9-3-10-7/h3-4H,1-2H3,(H,9,10). The predicted octanol–water partition coefficient (Wildman–Crippen LogP) is 1.01. The molecule has 0 aliphatic heterocycles. The molecular weight excluding hydrogens is 192 g/mol. The van der Waals surface area contributed by atoms with Gasteiger partial charge < -0.3 is 9.88 Å². The van der Waals surface area contributed by atoms with Crippen molar-refractivity contribution >= 4 is 29.0 Å². The molecule has 70 valence electrons. The quantitative estimate of drug-likeness (QED) is 0.450. The molecule has 0 aliphatic rings. The zero-order chi connectivity index (χ0) is 9.84. The molecule has 0 atom stereocenters. The Labute approximate surface area is 80.4 Å². The molecule has 1 heterocycles. The zero-order valence-corrected chi connectivity index (χ0v) is 8.04. The van der Waals surface area contributed by atoms with Crippen molar-refractivity contribution in [2.45, 2.75) is 0 Å². The lowest BCUT2D eigenvalue weighted by atomic mass is 10.5. The van der Waals surface area contributed by atoms with Crippen LogP contribution in [0.15, 0.2) is 11.3 Å². The summed E-state index contributed by atoms with van der Waals surface area (Å²) in [5.41, 5.74) is 0.208. The van der Waals surface area contributed by atoms with Gasteiger partial charge in [-0.05, 0) is 11.6 Å². The van der Waals surface area contributed by atoms with Crippen LogP contribution in [0.3, 0.4) is 0 Å². The molecule has 13 heavy (non-hydrogen) atoms. The third-order valence-corrected chi connectivity index (χ3v) is 1.42. The lowest BCUT2D eigenvalue weighted by Crippen LogP contribution is -2.07. The van der Waals surface area contributed by atoms with E-state index in [0.29, 0.717) is 5.82 Å². The first-order valence-corrected chi connectivity index (χ1v) is 3.93. The molecule has 1 N–H and O–H groups in total. The Morgan fingerprint density at radius 1 is 1.77 bits per heavy atom. The maximum Gasteiger partial charge on any atom is 0.272 e. The summed E-state index contributed by atoms with van der Waals surface area (Å²) in [6, 6.07) is 0. The van der Waals surface area contributed by atoms with Crippen LogP contribution in [0.1, 0.15) is 10.5 Å². The molecule has 5 nitrogen and oxygen atoms in total. The number of aliphatic imine (C=N–C) groups is 1. The lowest BCUT2D eigenvalue weighted by molar-refractivity contribution is 0.107. The van der Waals surface area contributed by atoms with Gasteiger partial charge in [-0.1, -0.05) is 0 Å². The summed E-state index contributed by atoms with van der Waals surface area (Å²) in [6.07, 6.45) is 2.91. The molecule has 0 radical (unpaired) electrons. The molecule has 0 bridgehead atoms. The average molecular weight is 201 g/mol. The molecule has 0 aromatic carbocycles. The molecule has 0 spiro atoms. The minimum Gasteiger partial charge on any atom is -0.369 e. The van der Waals surface area contributed by atoms with Crippen molar-refractivity contribution in [1.82, 2.24) is 14.9 Å². The van der Waals surface area contributed by atoms with Crippen LogP contribution >= 0.6 is 11.6 Å². The van der Waals surface area contributed by atoms with Crippen LogP contribution in [0.5, 0.6) is 0 Å². The largest absolute Gasteiger partial charge is 0.369 e. The maximum absolute atomic E-state index is 10.8. The Balaban J connectivity index is 2.88. The second-order valence-corrected chi connectivity index (χ2v) is 2.93. The average Bonchev–Trinajstić information content (AvgIpc) is 2.47. The molecule has 0 saturated carbocycles. The van der Waals surface area contributed by atoms with E-state index in [9.17, 15) is 4.79 Å². The number of carbonyl (C=O) groups excluding carboxylic acids is 1. The van der Waals surface area contributed by atoms with E-state index in [1.807, 2.05) is 14.1 Å². The van der Waals surface area contributed by atoms with E-state index >= 15 is 0 Å².